The Balaban J connectivity index is 1.37. The van der Waals surface area contributed by atoms with E-state index in [4.69, 9.17) is 4.98 Å². The predicted molar refractivity (Wildman–Crippen MR) is 144 cm³/mol. The second-order valence-corrected chi connectivity index (χ2v) is 8.82. The third-order valence-electron chi connectivity index (χ3n) is 6.24. The van der Waals surface area contributed by atoms with Crippen LogP contribution in [0.3, 0.4) is 0 Å². The molecule has 0 bridgehead atoms. The van der Waals surface area contributed by atoms with Crippen molar-refractivity contribution in [2.24, 2.45) is 0 Å². The maximum absolute atomic E-state index is 12.2. The van der Waals surface area contributed by atoms with Gasteiger partial charge in [-0.2, -0.15) is 5.10 Å². The van der Waals surface area contributed by atoms with Crippen LogP contribution in [0.2, 0.25) is 0 Å². The molecule has 9 nitrogen and oxygen atoms in total. The Bertz CT molecular complexity index is 1720. The topological polar surface area (TPSA) is 125 Å². The molecule has 0 saturated carbocycles. The lowest BCUT2D eigenvalue weighted by atomic mass is 10.1. The number of carbonyl (C=O) groups is 1. The molecule has 37 heavy (non-hydrogen) atoms. The lowest BCUT2D eigenvalue weighted by Gasteiger charge is -2.07. The molecular weight excluding hydrogens is 464 g/mol. The number of nitrogens with one attached hydrogen (secondary N) is 3. The van der Waals surface area contributed by atoms with Crippen LogP contribution >= 0.6 is 0 Å². The van der Waals surface area contributed by atoms with Gasteiger partial charge in [-0.3, -0.25) is 19.9 Å². The van der Waals surface area contributed by atoms with Crippen LogP contribution in [0.1, 0.15) is 26.2 Å². The molecule has 3 N–H and O–H groups in total. The van der Waals surface area contributed by atoms with Gasteiger partial charge >= 0.3 is 0 Å². The molecule has 0 fully saturated rings. The van der Waals surface area contributed by atoms with Crippen molar-refractivity contribution in [1.82, 2.24) is 35.1 Å². The largest absolute Gasteiger partial charge is 0.338 e. The van der Waals surface area contributed by atoms with Crippen LogP contribution in [-0.4, -0.2) is 41.0 Å². The van der Waals surface area contributed by atoms with Gasteiger partial charge in [0.05, 0.1) is 28.8 Å². The molecule has 6 aromatic rings. The molecule has 0 saturated heterocycles. The molecule has 0 spiro atoms. The highest BCUT2D eigenvalue weighted by molar-refractivity contribution is 5.99. The highest BCUT2D eigenvalue weighted by atomic mass is 16.1. The minimum absolute atomic E-state index is 0.0144. The zero-order valence-corrected chi connectivity index (χ0v) is 20.2. The van der Waals surface area contributed by atoms with Gasteiger partial charge in [0.1, 0.15) is 16.9 Å². The Morgan fingerprint density at radius 2 is 1.92 bits per heavy atom. The minimum Gasteiger partial charge on any atom is -0.338 e. The number of pyridine rings is 4. The zero-order valence-electron chi connectivity index (χ0n) is 20.2. The van der Waals surface area contributed by atoms with E-state index in [1.807, 2.05) is 48.7 Å². The van der Waals surface area contributed by atoms with Gasteiger partial charge < -0.3 is 10.3 Å². The van der Waals surface area contributed by atoms with Gasteiger partial charge in [-0.15, -0.1) is 0 Å². The number of amides is 1. The Hall–Kier alpha value is -4.92. The van der Waals surface area contributed by atoms with E-state index < -0.39 is 0 Å². The summed E-state index contributed by atoms with van der Waals surface area (Å²) in [5, 5.41) is 11.5. The molecule has 0 aliphatic carbocycles. The molecule has 6 heterocycles. The van der Waals surface area contributed by atoms with E-state index in [1.54, 1.807) is 24.8 Å². The van der Waals surface area contributed by atoms with Crippen LogP contribution in [0.5, 0.6) is 0 Å². The number of hydrogen-bond donors (Lipinski definition) is 3. The van der Waals surface area contributed by atoms with Gasteiger partial charge in [-0.1, -0.05) is 19.4 Å². The summed E-state index contributed by atoms with van der Waals surface area (Å²) >= 11 is 0. The molecule has 6 rings (SSSR count). The zero-order chi connectivity index (χ0) is 25.2. The second kappa shape index (κ2) is 9.62. The number of aromatic nitrogens is 7. The molecule has 0 aliphatic rings. The molecule has 0 atom stereocenters. The number of anilines is 1. The lowest BCUT2D eigenvalue weighted by Crippen LogP contribution is -2.11. The number of unbranched alkanes of at least 4 members (excludes halogenated alkanes) is 1. The highest BCUT2D eigenvalue weighted by Gasteiger charge is 2.16. The van der Waals surface area contributed by atoms with Gasteiger partial charge in [0, 0.05) is 47.7 Å². The van der Waals surface area contributed by atoms with Crippen molar-refractivity contribution in [2.45, 2.75) is 26.2 Å². The van der Waals surface area contributed by atoms with Crippen molar-refractivity contribution in [1.29, 1.82) is 0 Å². The molecule has 0 aromatic carbocycles. The third kappa shape index (κ3) is 4.42. The van der Waals surface area contributed by atoms with Gasteiger partial charge in [-0.05, 0) is 48.4 Å². The van der Waals surface area contributed by atoms with Gasteiger partial charge in [0.25, 0.3) is 0 Å². The molecule has 0 unspecified atom stereocenters. The van der Waals surface area contributed by atoms with Crippen LogP contribution in [0.15, 0.2) is 73.4 Å². The Morgan fingerprint density at radius 1 is 1.00 bits per heavy atom. The summed E-state index contributed by atoms with van der Waals surface area (Å²) in [5.74, 6) is -0.0144. The van der Waals surface area contributed by atoms with E-state index in [1.165, 1.54) is 0 Å². The summed E-state index contributed by atoms with van der Waals surface area (Å²) in [6.07, 6.45) is 11.1. The smallest absolute Gasteiger partial charge is 0.224 e. The first kappa shape index (κ1) is 22.5. The van der Waals surface area contributed by atoms with Gasteiger partial charge in [0.2, 0.25) is 5.91 Å². The van der Waals surface area contributed by atoms with E-state index in [2.05, 4.69) is 42.4 Å². The van der Waals surface area contributed by atoms with E-state index in [9.17, 15) is 4.79 Å². The van der Waals surface area contributed by atoms with Crippen LogP contribution in [0.4, 0.5) is 5.69 Å². The summed E-state index contributed by atoms with van der Waals surface area (Å²) in [4.78, 5) is 33.6. The van der Waals surface area contributed by atoms with E-state index in [0.717, 1.165) is 63.0 Å². The fourth-order valence-corrected chi connectivity index (χ4v) is 4.38. The maximum Gasteiger partial charge on any atom is 0.224 e. The fraction of sp³-hybridized carbons (Fsp3) is 0.143. The average molecular weight is 489 g/mol. The number of fused-ring (bicyclic) bond motifs is 2. The first-order valence-corrected chi connectivity index (χ1v) is 12.2. The average Bonchev–Trinajstić information content (AvgIpc) is 3.56. The molecule has 6 aromatic heterocycles. The normalized spacial score (nSPS) is 11.3. The first-order valence-electron chi connectivity index (χ1n) is 12.2. The number of H-pyrrole nitrogens is 2. The van der Waals surface area contributed by atoms with Crippen LogP contribution < -0.4 is 5.32 Å². The second-order valence-electron chi connectivity index (χ2n) is 8.82. The van der Waals surface area contributed by atoms with Crippen LogP contribution in [0, 0.1) is 0 Å². The molecule has 0 aliphatic heterocycles. The van der Waals surface area contributed by atoms with Crippen LogP contribution in [-0.2, 0) is 4.79 Å². The first-order chi connectivity index (χ1) is 18.2. The Morgan fingerprint density at radius 3 is 2.78 bits per heavy atom. The Kier molecular flexibility index (Phi) is 5.86. The van der Waals surface area contributed by atoms with Crippen LogP contribution in [0.25, 0.3) is 55.8 Å². The number of nitrogens with zero attached hydrogens (tertiary/aromatic N) is 5. The molecule has 1 amide bonds. The number of aromatic amines is 2. The van der Waals surface area contributed by atoms with Crippen molar-refractivity contribution in [3.8, 4) is 33.8 Å². The summed E-state index contributed by atoms with van der Waals surface area (Å²) < 4.78 is 0. The van der Waals surface area contributed by atoms with Crippen molar-refractivity contribution in [2.75, 3.05) is 5.32 Å². The third-order valence-corrected chi connectivity index (χ3v) is 6.24. The van der Waals surface area contributed by atoms with E-state index in [0.29, 0.717) is 17.8 Å². The van der Waals surface area contributed by atoms with Crippen molar-refractivity contribution >= 4 is 33.7 Å². The van der Waals surface area contributed by atoms with Crippen molar-refractivity contribution in [3.05, 3.63) is 73.4 Å². The summed E-state index contributed by atoms with van der Waals surface area (Å²) in [7, 11) is 0. The quantitative estimate of drug-likeness (QED) is 0.263. The monoisotopic (exact) mass is 488 g/mol. The predicted octanol–water partition coefficient (Wildman–Crippen LogP) is 5.75. The van der Waals surface area contributed by atoms with Crippen molar-refractivity contribution in [3.63, 3.8) is 0 Å². The molecular formula is C28H24N8O. The minimum atomic E-state index is -0.0144. The van der Waals surface area contributed by atoms with Crippen molar-refractivity contribution < 1.29 is 4.79 Å². The van der Waals surface area contributed by atoms with E-state index >= 15 is 0 Å². The molecule has 9 heteroatoms. The fourth-order valence-electron chi connectivity index (χ4n) is 4.38. The molecule has 182 valence electrons. The molecule has 0 radical (unpaired) electrons. The highest BCUT2D eigenvalue weighted by Crippen LogP contribution is 2.33. The van der Waals surface area contributed by atoms with Gasteiger partial charge in [-0.25, -0.2) is 9.97 Å². The SMILES string of the molecule is CCCCC(=O)Nc1cncc(-c2ccc3[nH]nc(-c4cc5c(-c6cccnc6)ccnc5[nH]4)c3n2)c1. The van der Waals surface area contributed by atoms with Gasteiger partial charge in [0.15, 0.2) is 0 Å². The summed E-state index contributed by atoms with van der Waals surface area (Å²) in [6.45, 7) is 2.06. The standard InChI is InChI=1S/C28H24N8O/c1-2-3-6-25(37)32-19-12-18(15-30-16-19)22-7-8-23-26(33-22)27(36-35-23)24-13-21-20(9-11-31-28(21)34-24)17-5-4-10-29-14-17/h4-5,7-16H,2-3,6H2,1H3,(H,31,34)(H,32,37)(H,35,36). The van der Waals surface area contributed by atoms with E-state index in [-0.39, 0.29) is 5.91 Å². The number of hydrogen-bond acceptors (Lipinski definition) is 6. The number of rotatable bonds is 7. The maximum atomic E-state index is 12.2. The Labute approximate surface area is 212 Å². The summed E-state index contributed by atoms with van der Waals surface area (Å²) in [5.41, 5.74) is 8.06. The number of carbonyl (C=O) groups excluding carboxylic acids is 1. The summed E-state index contributed by atoms with van der Waals surface area (Å²) in [6, 6.07) is 13.7. The lowest BCUT2D eigenvalue weighted by molar-refractivity contribution is -0.116.